The second-order valence-electron chi connectivity index (χ2n) is 4.47. The summed E-state index contributed by atoms with van der Waals surface area (Å²) < 4.78 is 6.69. The zero-order valence-electron chi connectivity index (χ0n) is 12.4. The van der Waals surface area contributed by atoms with E-state index in [1.54, 1.807) is 0 Å². The van der Waals surface area contributed by atoms with E-state index >= 15 is 0 Å². The zero-order valence-corrected chi connectivity index (χ0v) is 14.1. The van der Waals surface area contributed by atoms with Crippen molar-refractivity contribution < 1.29 is 19.4 Å². The first-order valence-electron chi connectivity index (χ1n) is 6.58. The molecule has 0 saturated heterocycles. The second-order valence-corrected chi connectivity index (χ2v) is 6.77. The van der Waals surface area contributed by atoms with Gasteiger partial charge in [-0.25, -0.2) is 4.98 Å². The monoisotopic (exact) mass is 354 g/mol. The first kappa shape index (κ1) is 19.1. The van der Waals surface area contributed by atoms with Gasteiger partial charge in [0.05, 0.1) is 22.6 Å². The van der Waals surface area contributed by atoms with Crippen LogP contribution in [0.3, 0.4) is 0 Å². The molecule has 2 aromatic rings. The van der Waals surface area contributed by atoms with Gasteiger partial charge in [-0.2, -0.15) is 0 Å². The van der Waals surface area contributed by atoms with Gasteiger partial charge in [0.1, 0.15) is 6.61 Å². The molecular formula is C15H18N2O4S2. The molecule has 0 aliphatic carbocycles. The molecule has 4 N–H and O–H groups in total. The van der Waals surface area contributed by atoms with Crippen molar-refractivity contribution in [1.82, 2.24) is 11.1 Å². The third kappa shape index (κ3) is 5.66. The number of carbonyl (C=O) groups excluding carboxylic acids is 1. The lowest BCUT2D eigenvalue weighted by Crippen LogP contribution is -2.21. The number of nitrogens with zero attached hydrogens (tertiary/aromatic N) is 1. The molecule has 1 atom stereocenters. The van der Waals surface area contributed by atoms with Crippen molar-refractivity contribution in [3.8, 4) is 0 Å². The SMILES string of the molecule is C=CCOC(=O)CC(CSc1nc2ccccc2s1)C(=O)O.N. The number of rotatable bonds is 8. The Bertz CT molecular complexity index is 654. The Morgan fingerprint density at radius 1 is 1.43 bits per heavy atom. The molecule has 0 bridgehead atoms. The number of ether oxygens (including phenoxy) is 1. The Morgan fingerprint density at radius 2 is 2.17 bits per heavy atom. The molecule has 6 nitrogen and oxygen atoms in total. The molecular weight excluding hydrogens is 336 g/mol. The molecule has 23 heavy (non-hydrogen) atoms. The highest BCUT2D eigenvalue weighted by atomic mass is 32.2. The van der Waals surface area contributed by atoms with Gasteiger partial charge in [0.15, 0.2) is 4.34 Å². The molecule has 2 rings (SSSR count). The van der Waals surface area contributed by atoms with Crippen molar-refractivity contribution in [3.63, 3.8) is 0 Å². The number of esters is 1. The van der Waals surface area contributed by atoms with Crippen molar-refractivity contribution in [1.29, 1.82) is 0 Å². The summed E-state index contributed by atoms with van der Waals surface area (Å²) in [5.41, 5.74) is 0.896. The van der Waals surface area contributed by atoms with Crippen LogP contribution in [0.5, 0.6) is 0 Å². The highest BCUT2D eigenvalue weighted by Gasteiger charge is 2.23. The van der Waals surface area contributed by atoms with E-state index in [0.717, 1.165) is 14.6 Å². The molecule has 0 amide bonds. The minimum Gasteiger partial charge on any atom is -0.481 e. The highest BCUT2D eigenvalue weighted by molar-refractivity contribution is 8.01. The zero-order chi connectivity index (χ0) is 15.9. The van der Waals surface area contributed by atoms with Crippen LogP contribution in [0.2, 0.25) is 0 Å². The van der Waals surface area contributed by atoms with Gasteiger partial charge in [-0.1, -0.05) is 36.5 Å². The largest absolute Gasteiger partial charge is 0.481 e. The van der Waals surface area contributed by atoms with Crippen molar-refractivity contribution in [2.24, 2.45) is 5.92 Å². The summed E-state index contributed by atoms with van der Waals surface area (Å²) in [6.45, 7) is 3.53. The molecule has 0 spiro atoms. The lowest BCUT2D eigenvalue weighted by Gasteiger charge is -2.10. The number of fused-ring (bicyclic) bond motifs is 1. The standard InChI is InChI=1S/C15H15NO4S2.H3N/c1-2-7-20-13(17)8-10(14(18)19)9-21-15-16-11-5-3-4-6-12(11)22-15;/h2-6,10H,1,7-9H2,(H,18,19);1H3. The fraction of sp³-hybridized carbons (Fsp3) is 0.267. The van der Waals surface area contributed by atoms with Gasteiger partial charge in [0.25, 0.3) is 0 Å². The maximum atomic E-state index is 11.5. The summed E-state index contributed by atoms with van der Waals surface area (Å²) in [7, 11) is 0. The van der Waals surface area contributed by atoms with Crippen LogP contribution < -0.4 is 6.15 Å². The van der Waals surface area contributed by atoms with Gasteiger partial charge in [-0.05, 0) is 12.1 Å². The average molecular weight is 354 g/mol. The normalized spacial score (nSPS) is 11.5. The second kappa shape index (κ2) is 9.29. The van der Waals surface area contributed by atoms with Crippen molar-refractivity contribution in [2.75, 3.05) is 12.4 Å². The Labute approximate surface area is 142 Å². The van der Waals surface area contributed by atoms with Gasteiger partial charge >= 0.3 is 11.9 Å². The van der Waals surface area contributed by atoms with Gasteiger partial charge < -0.3 is 16.0 Å². The first-order valence-corrected chi connectivity index (χ1v) is 8.38. The predicted molar refractivity (Wildman–Crippen MR) is 92.3 cm³/mol. The van der Waals surface area contributed by atoms with E-state index in [2.05, 4.69) is 11.6 Å². The Hall–Kier alpha value is -1.90. The fourth-order valence-corrected chi connectivity index (χ4v) is 3.89. The van der Waals surface area contributed by atoms with E-state index in [1.807, 2.05) is 24.3 Å². The molecule has 0 radical (unpaired) electrons. The number of carbonyl (C=O) groups is 2. The first-order chi connectivity index (χ1) is 10.6. The molecule has 124 valence electrons. The molecule has 1 unspecified atom stereocenters. The van der Waals surface area contributed by atoms with Crippen LogP contribution in [0, 0.1) is 5.92 Å². The van der Waals surface area contributed by atoms with Crippen LogP contribution >= 0.6 is 23.1 Å². The summed E-state index contributed by atoms with van der Waals surface area (Å²) in [5.74, 6) is -2.06. The number of thiazole rings is 1. The number of hydrogen-bond acceptors (Lipinski definition) is 7. The minimum atomic E-state index is -1.01. The van der Waals surface area contributed by atoms with Crippen LogP contribution in [0.15, 0.2) is 41.3 Å². The number of carboxylic acids is 1. The molecule has 1 aromatic heterocycles. The predicted octanol–water partition coefficient (Wildman–Crippen LogP) is 3.37. The van der Waals surface area contributed by atoms with Gasteiger partial charge in [0, 0.05) is 5.75 Å². The summed E-state index contributed by atoms with van der Waals surface area (Å²) in [4.78, 5) is 27.2. The number of aromatic nitrogens is 1. The summed E-state index contributed by atoms with van der Waals surface area (Å²) in [6.07, 6.45) is 1.30. The lowest BCUT2D eigenvalue weighted by atomic mass is 10.1. The Morgan fingerprint density at radius 3 is 2.83 bits per heavy atom. The van der Waals surface area contributed by atoms with Crippen molar-refractivity contribution >= 4 is 45.3 Å². The molecule has 0 aliphatic rings. The quantitative estimate of drug-likeness (QED) is 0.424. The van der Waals surface area contributed by atoms with E-state index in [-0.39, 0.29) is 24.9 Å². The number of thioether (sulfide) groups is 1. The third-order valence-corrected chi connectivity index (χ3v) is 5.15. The Balaban J connectivity index is 0.00000264. The molecule has 0 aliphatic heterocycles. The maximum Gasteiger partial charge on any atom is 0.307 e. The molecule has 1 heterocycles. The van der Waals surface area contributed by atoms with Crippen LogP contribution in [-0.2, 0) is 14.3 Å². The van der Waals surface area contributed by atoms with Crippen LogP contribution in [-0.4, -0.2) is 34.4 Å². The highest BCUT2D eigenvalue weighted by Crippen LogP contribution is 2.31. The number of para-hydroxylation sites is 1. The van der Waals surface area contributed by atoms with E-state index < -0.39 is 17.9 Å². The van der Waals surface area contributed by atoms with E-state index in [0.29, 0.717) is 0 Å². The fourth-order valence-electron chi connectivity index (χ4n) is 1.71. The molecule has 8 heteroatoms. The summed E-state index contributed by atoms with van der Waals surface area (Å²) >= 11 is 2.86. The number of benzene rings is 1. The average Bonchev–Trinajstić information content (AvgIpc) is 2.91. The Kier molecular flexibility index (Phi) is 7.73. The van der Waals surface area contributed by atoms with Gasteiger partial charge in [-0.15, -0.1) is 11.3 Å². The van der Waals surface area contributed by atoms with Gasteiger partial charge in [0.2, 0.25) is 0 Å². The molecule has 1 aromatic carbocycles. The van der Waals surface area contributed by atoms with E-state index in [1.165, 1.54) is 29.2 Å². The van der Waals surface area contributed by atoms with E-state index in [4.69, 9.17) is 4.74 Å². The molecule has 0 fully saturated rings. The van der Waals surface area contributed by atoms with Crippen molar-refractivity contribution in [3.05, 3.63) is 36.9 Å². The number of aliphatic carboxylic acids is 1. The molecule has 0 saturated carbocycles. The minimum absolute atomic E-state index is 0. The van der Waals surface area contributed by atoms with Crippen LogP contribution in [0.4, 0.5) is 0 Å². The maximum absolute atomic E-state index is 11.5. The van der Waals surface area contributed by atoms with Crippen LogP contribution in [0.25, 0.3) is 10.2 Å². The third-order valence-electron chi connectivity index (χ3n) is 2.81. The lowest BCUT2D eigenvalue weighted by molar-refractivity contribution is -0.150. The number of hydrogen-bond donors (Lipinski definition) is 2. The smallest absolute Gasteiger partial charge is 0.307 e. The van der Waals surface area contributed by atoms with E-state index in [9.17, 15) is 14.7 Å². The van der Waals surface area contributed by atoms with Crippen LogP contribution in [0.1, 0.15) is 6.42 Å². The summed E-state index contributed by atoms with van der Waals surface area (Å²) in [6, 6.07) is 7.73. The topological polar surface area (TPSA) is 111 Å². The summed E-state index contributed by atoms with van der Waals surface area (Å²) in [5, 5.41) is 9.21. The van der Waals surface area contributed by atoms with Gasteiger partial charge in [-0.3, -0.25) is 9.59 Å². The van der Waals surface area contributed by atoms with Crippen molar-refractivity contribution in [2.45, 2.75) is 10.8 Å². The number of carboxylic acid groups (broad SMARTS) is 1.